The van der Waals surface area contributed by atoms with E-state index in [0.29, 0.717) is 17.7 Å². The van der Waals surface area contributed by atoms with Crippen molar-refractivity contribution >= 4 is 5.97 Å². The number of carboxylic acids is 1. The van der Waals surface area contributed by atoms with Crippen molar-refractivity contribution in [3.05, 3.63) is 59.8 Å². The lowest BCUT2D eigenvalue weighted by molar-refractivity contribution is 0.0691. The van der Waals surface area contributed by atoms with Gasteiger partial charge in [0.05, 0.1) is 5.69 Å². The van der Waals surface area contributed by atoms with E-state index in [1.807, 2.05) is 0 Å². The lowest BCUT2D eigenvalue weighted by atomic mass is 10.1. The van der Waals surface area contributed by atoms with Crippen LogP contribution in [0.2, 0.25) is 0 Å². The monoisotopic (exact) mass is 320 g/mol. The third kappa shape index (κ3) is 2.52. The van der Waals surface area contributed by atoms with Gasteiger partial charge in [-0.1, -0.05) is 5.21 Å². The standard InChI is InChI=1S/C14H7F3N4O2/c15-9-4-8(5-10(16)11(9)17)21-13(7-2-1-3-18-6-7)12(14(22)23)19-20-21/h1-6H,(H,22,23). The van der Waals surface area contributed by atoms with E-state index in [9.17, 15) is 23.1 Å². The highest BCUT2D eigenvalue weighted by atomic mass is 19.2. The van der Waals surface area contributed by atoms with Crippen molar-refractivity contribution in [3.8, 4) is 16.9 Å². The van der Waals surface area contributed by atoms with Gasteiger partial charge in [-0.05, 0) is 12.1 Å². The molecule has 0 aliphatic rings. The molecule has 0 bridgehead atoms. The zero-order valence-corrected chi connectivity index (χ0v) is 11.2. The number of aromatic carboxylic acids is 1. The predicted molar refractivity (Wildman–Crippen MR) is 71.4 cm³/mol. The highest BCUT2D eigenvalue weighted by molar-refractivity contribution is 5.92. The van der Waals surface area contributed by atoms with Crippen molar-refractivity contribution in [1.29, 1.82) is 0 Å². The van der Waals surface area contributed by atoms with Gasteiger partial charge in [-0.3, -0.25) is 4.98 Å². The van der Waals surface area contributed by atoms with Crippen LogP contribution in [0.5, 0.6) is 0 Å². The Balaban J connectivity index is 2.27. The second kappa shape index (κ2) is 5.52. The Morgan fingerprint density at radius 3 is 2.43 bits per heavy atom. The summed E-state index contributed by atoms with van der Waals surface area (Å²) in [5, 5.41) is 16.3. The van der Waals surface area contributed by atoms with Gasteiger partial charge in [0.1, 0.15) is 5.69 Å². The number of benzene rings is 1. The molecule has 0 amide bonds. The van der Waals surface area contributed by atoms with Gasteiger partial charge in [-0.2, -0.15) is 0 Å². The number of aromatic nitrogens is 4. The largest absolute Gasteiger partial charge is 0.476 e. The Labute approximate surface area is 126 Å². The Morgan fingerprint density at radius 1 is 1.17 bits per heavy atom. The quantitative estimate of drug-likeness (QED) is 0.750. The minimum absolute atomic E-state index is 0.0315. The topological polar surface area (TPSA) is 80.9 Å². The lowest BCUT2D eigenvalue weighted by Gasteiger charge is -2.08. The molecular weight excluding hydrogens is 313 g/mol. The Bertz CT molecular complexity index is 873. The molecule has 0 saturated heterocycles. The Hall–Kier alpha value is -3.23. The van der Waals surface area contributed by atoms with Crippen LogP contribution in [-0.4, -0.2) is 31.1 Å². The fraction of sp³-hybridized carbons (Fsp3) is 0. The van der Waals surface area contributed by atoms with Gasteiger partial charge < -0.3 is 5.11 Å². The third-order valence-electron chi connectivity index (χ3n) is 3.02. The first kappa shape index (κ1) is 14.7. The molecule has 9 heteroatoms. The number of rotatable bonds is 3. The first-order valence-electron chi connectivity index (χ1n) is 6.23. The van der Waals surface area contributed by atoms with E-state index in [2.05, 4.69) is 15.3 Å². The van der Waals surface area contributed by atoms with Gasteiger partial charge in [0.2, 0.25) is 0 Å². The fourth-order valence-electron chi connectivity index (χ4n) is 2.03. The second-order valence-corrected chi connectivity index (χ2v) is 4.47. The van der Waals surface area contributed by atoms with E-state index in [-0.39, 0.29) is 11.4 Å². The molecule has 0 radical (unpaired) electrons. The molecule has 2 heterocycles. The van der Waals surface area contributed by atoms with Crippen molar-refractivity contribution in [2.75, 3.05) is 0 Å². The van der Waals surface area contributed by atoms with Crippen LogP contribution in [0, 0.1) is 17.5 Å². The van der Waals surface area contributed by atoms with Gasteiger partial charge in [0.25, 0.3) is 0 Å². The van der Waals surface area contributed by atoms with Crippen LogP contribution in [0.1, 0.15) is 10.5 Å². The van der Waals surface area contributed by atoms with Gasteiger partial charge in [0.15, 0.2) is 23.1 Å². The summed E-state index contributed by atoms with van der Waals surface area (Å²) in [4.78, 5) is 15.1. The summed E-state index contributed by atoms with van der Waals surface area (Å²) < 4.78 is 40.8. The molecule has 0 atom stereocenters. The molecule has 2 aromatic heterocycles. The number of carbonyl (C=O) groups is 1. The normalized spacial score (nSPS) is 10.7. The van der Waals surface area contributed by atoms with Crippen LogP contribution in [0.3, 0.4) is 0 Å². The number of nitrogens with zero attached hydrogens (tertiary/aromatic N) is 4. The molecule has 0 saturated carbocycles. The maximum absolute atomic E-state index is 13.4. The summed E-state index contributed by atoms with van der Waals surface area (Å²) in [6.45, 7) is 0. The number of hydrogen-bond donors (Lipinski definition) is 1. The van der Waals surface area contributed by atoms with Crippen molar-refractivity contribution in [3.63, 3.8) is 0 Å². The van der Waals surface area contributed by atoms with Crippen LogP contribution in [-0.2, 0) is 0 Å². The SMILES string of the molecule is O=C(O)c1nnn(-c2cc(F)c(F)c(F)c2)c1-c1cccnc1. The summed E-state index contributed by atoms with van der Waals surface area (Å²) in [6, 6.07) is 4.46. The van der Waals surface area contributed by atoms with Gasteiger partial charge >= 0.3 is 5.97 Å². The van der Waals surface area contributed by atoms with Crippen molar-refractivity contribution in [1.82, 2.24) is 20.0 Å². The molecule has 116 valence electrons. The van der Waals surface area contributed by atoms with Crippen LogP contribution in [0.4, 0.5) is 13.2 Å². The van der Waals surface area contributed by atoms with Crippen molar-refractivity contribution < 1.29 is 23.1 Å². The summed E-state index contributed by atoms with van der Waals surface area (Å²) >= 11 is 0. The molecule has 0 aliphatic carbocycles. The number of halogens is 3. The first-order valence-corrected chi connectivity index (χ1v) is 6.23. The summed E-state index contributed by atoms with van der Waals surface area (Å²) in [5.74, 6) is -5.86. The summed E-state index contributed by atoms with van der Waals surface area (Å²) in [5.41, 5.74) is -0.348. The summed E-state index contributed by atoms with van der Waals surface area (Å²) in [7, 11) is 0. The minimum atomic E-state index is -1.63. The number of hydrogen-bond acceptors (Lipinski definition) is 4. The van der Waals surface area contributed by atoms with Crippen molar-refractivity contribution in [2.24, 2.45) is 0 Å². The van der Waals surface area contributed by atoms with Gasteiger partial charge in [0, 0.05) is 30.1 Å². The Morgan fingerprint density at radius 2 is 1.87 bits per heavy atom. The third-order valence-corrected chi connectivity index (χ3v) is 3.02. The van der Waals surface area contributed by atoms with E-state index < -0.39 is 29.1 Å². The highest BCUT2D eigenvalue weighted by Crippen LogP contribution is 2.26. The second-order valence-electron chi connectivity index (χ2n) is 4.47. The molecule has 3 aromatic rings. The first-order chi connectivity index (χ1) is 11.0. The highest BCUT2D eigenvalue weighted by Gasteiger charge is 2.23. The molecular formula is C14H7F3N4O2. The molecule has 1 aromatic carbocycles. The lowest BCUT2D eigenvalue weighted by Crippen LogP contribution is -2.05. The molecule has 1 N–H and O–H groups in total. The smallest absolute Gasteiger partial charge is 0.358 e. The average Bonchev–Trinajstić information content (AvgIpc) is 2.98. The molecule has 6 nitrogen and oxygen atoms in total. The molecule has 0 fully saturated rings. The van der Waals surface area contributed by atoms with Gasteiger partial charge in [-0.25, -0.2) is 22.6 Å². The number of pyridine rings is 1. The minimum Gasteiger partial charge on any atom is -0.476 e. The van der Waals surface area contributed by atoms with Crippen LogP contribution in [0.25, 0.3) is 16.9 Å². The molecule has 23 heavy (non-hydrogen) atoms. The van der Waals surface area contributed by atoms with E-state index in [1.54, 1.807) is 6.07 Å². The summed E-state index contributed by atoms with van der Waals surface area (Å²) in [6.07, 6.45) is 2.81. The van der Waals surface area contributed by atoms with Gasteiger partial charge in [-0.15, -0.1) is 5.10 Å². The molecule has 0 unspecified atom stereocenters. The molecule has 3 rings (SSSR count). The zero-order chi connectivity index (χ0) is 16.6. The van der Waals surface area contributed by atoms with E-state index in [0.717, 1.165) is 4.68 Å². The average molecular weight is 320 g/mol. The van der Waals surface area contributed by atoms with Crippen LogP contribution >= 0.6 is 0 Å². The maximum Gasteiger partial charge on any atom is 0.358 e. The predicted octanol–water partition coefficient (Wildman–Crippen LogP) is 2.44. The van der Waals surface area contributed by atoms with E-state index >= 15 is 0 Å². The molecule has 0 aliphatic heterocycles. The molecule has 0 spiro atoms. The number of carboxylic acid groups (broad SMARTS) is 1. The maximum atomic E-state index is 13.4. The van der Waals surface area contributed by atoms with Crippen LogP contribution < -0.4 is 0 Å². The van der Waals surface area contributed by atoms with E-state index in [4.69, 9.17) is 0 Å². The van der Waals surface area contributed by atoms with E-state index in [1.165, 1.54) is 18.5 Å². The Kier molecular flexibility index (Phi) is 3.53. The zero-order valence-electron chi connectivity index (χ0n) is 11.2. The fourth-order valence-corrected chi connectivity index (χ4v) is 2.03. The van der Waals surface area contributed by atoms with Crippen molar-refractivity contribution in [2.45, 2.75) is 0 Å². The van der Waals surface area contributed by atoms with Crippen LogP contribution in [0.15, 0.2) is 36.7 Å².